The number of amides is 2. The van der Waals surface area contributed by atoms with E-state index in [1.54, 1.807) is 43.3 Å². The van der Waals surface area contributed by atoms with Crippen LogP contribution in [0.2, 0.25) is 5.02 Å². The van der Waals surface area contributed by atoms with Gasteiger partial charge < -0.3 is 9.47 Å². The summed E-state index contributed by atoms with van der Waals surface area (Å²) in [5, 5.41) is 12.3. The maximum Gasteiger partial charge on any atom is 0.287 e. The molecule has 2 aromatic carbocycles. The van der Waals surface area contributed by atoms with Crippen molar-refractivity contribution >= 4 is 63.5 Å². The molecule has 10 nitrogen and oxygen atoms in total. The highest BCUT2D eigenvalue weighted by Crippen LogP contribution is 2.36. The van der Waals surface area contributed by atoms with E-state index >= 15 is 0 Å². The zero-order chi connectivity index (χ0) is 26.5. The largest absolute Gasteiger partial charge is 0.490 e. The second kappa shape index (κ2) is 11.4. The van der Waals surface area contributed by atoms with Gasteiger partial charge >= 0.3 is 0 Å². The lowest BCUT2D eigenvalue weighted by atomic mass is 10.2. The number of hydrazine groups is 1. The summed E-state index contributed by atoms with van der Waals surface area (Å²) < 4.78 is 11.6. The molecule has 2 heterocycles. The van der Waals surface area contributed by atoms with Crippen molar-refractivity contribution in [1.29, 1.82) is 0 Å². The Labute approximate surface area is 225 Å². The predicted octanol–water partition coefficient (Wildman–Crippen LogP) is 5.38. The van der Waals surface area contributed by atoms with Gasteiger partial charge in [-0.1, -0.05) is 29.4 Å². The molecule has 1 saturated heterocycles. The maximum absolute atomic E-state index is 12.9. The summed E-state index contributed by atoms with van der Waals surface area (Å²) in [6, 6.07) is 13.9. The van der Waals surface area contributed by atoms with Crippen LogP contribution in [0.5, 0.6) is 17.4 Å². The van der Waals surface area contributed by atoms with Crippen LogP contribution in [0.4, 0.5) is 5.69 Å². The fourth-order valence-electron chi connectivity index (χ4n) is 3.10. The molecule has 1 N–H and O–H groups in total. The molecule has 0 bridgehead atoms. The Bertz CT molecular complexity index is 1410. The van der Waals surface area contributed by atoms with Crippen LogP contribution in [0, 0.1) is 10.1 Å². The van der Waals surface area contributed by atoms with Crippen molar-refractivity contribution in [3.8, 4) is 17.4 Å². The molecule has 0 aliphatic carbocycles. The third kappa shape index (κ3) is 6.23. The number of hydrogen-bond donors (Lipinski definition) is 1. The molecule has 0 unspecified atom stereocenters. The van der Waals surface area contributed by atoms with Crippen LogP contribution >= 0.6 is 35.6 Å². The number of thioether (sulfide) groups is 1. The molecule has 13 heteroatoms. The highest BCUT2D eigenvalue weighted by Gasteiger charge is 2.33. The lowest BCUT2D eigenvalue weighted by molar-refractivity contribution is -0.385. The molecule has 4 rings (SSSR count). The summed E-state index contributed by atoms with van der Waals surface area (Å²) in [4.78, 5) is 40.0. The van der Waals surface area contributed by atoms with Crippen molar-refractivity contribution in [2.75, 3.05) is 6.61 Å². The molecule has 0 radical (unpaired) electrons. The molecule has 1 fully saturated rings. The lowest BCUT2D eigenvalue weighted by Crippen LogP contribution is -2.44. The van der Waals surface area contributed by atoms with E-state index in [2.05, 4.69) is 10.4 Å². The molecule has 1 aliphatic heterocycles. The van der Waals surface area contributed by atoms with Crippen molar-refractivity contribution in [2.24, 2.45) is 0 Å². The van der Waals surface area contributed by atoms with Crippen LogP contribution in [0.3, 0.4) is 0 Å². The minimum atomic E-state index is -0.553. The molecule has 1 aliphatic rings. The van der Waals surface area contributed by atoms with Gasteiger partial charge in [-0.2, -0.15) is 5.01 Å². The molecule has 37 heavy (non-hydrogen) atoms. The van der Waals surface area contributed by atoms with Crippen LogP contribution < -0.4 is 14.9 Å². The van der Waals surface area contributed by atoms with E-state index in [9.17, 15) is 19.7 Å². The first-order valence-electron chi connectivity index (χ1n) is 10.6. The van der Waals surface area contributed by atoms with Crippen molar-refractivity contribution < 1.29 is 24.0 Å². The van der Waals surface area contributed by atoms with Gasteiger partial charge in [-0.15, -0.1) is 0 Å². The van der Waals surface area contributed by atoms with Gasteiger partial charge in [-0.05, 0) is 67.2 Å². The second-order valence-corrected chi connectivity index (χ2v) is 9.43. The van der Waals surface area contributed by atoms with Gasteiger partial charge in [0.15, 0.2) is 15.8 Å². The zero-order valence-corrected chi connectivity index (χ0v) is 21.4. The number of rotatable bonds is 8. The standard InChI is InChI=1S/C24H17ClN4O6S2/c1-2-34-19-11-14(3-9-18(19)35-21-10-8-17(13-26-21)29(32)33)12-20-23(31)28(24(36)37-20)27-22(30)15-4-6-16(25)7-5-15/h3-13H,2H2,1H3,(H,27,30)/b20-12-. The summed E-state index contributed by atoms with van der Waals surface area (Å²) in [6.45, 7) is 2.14. The first-order valence-corrected chi connectivity index (χ1v) is 12.2. The first-order chi connectivity index (χ1) is 17.7. The number of nitrogens with zero attached hydrogens (tertiary/aromatic N) is 3. The maximum atomic E-state index is 12.9. The Morgan fingerprint density at radius 3 is 2.62 bits per heavy atom. The van der Waals surface area contributed by atoms with Gasteiger partial charge in [0.05, 0.1) is 16.4 Å². The Hall–Kier alpha value is -4.00. The average molecular weight is 557 g/mol. The number of benzene rings is 2. The van der Waals surface area contributed by atoms with Crippen molar-refractivity contribution in [3.63, 3.8) is 0 Å². The van der Waals surface area contributed by atoms with E-state index in [0.29, 0.717) is 39.2 Å². The number of carbonyl (C=O) groups excluding carboxylic acids is 2. The molecule has 1 aromatic heterocycles. The Balaban J connectivity index is 1.51. The predicted molar refractivity (Wildman–Crippen MR) is 143 cm³/mol. The van der Waals surface area contributed by atoms with Crippen molar-refractivity contribution in [2.45, 2.75) is 6.92 Å². The van der Waals surface area contributed by atoms with Crippen molar-refractivity contribution in [1.82, 2.24) is 15.4 Å². The van der Waals surface area contributed by atoms with Crippen LogP contribution in [-0.4, -0.2) is 37.7 Å². The quantitative estimate of drug-likeness (QED) is 0.168. The highest BCUT2D eigenvalue weighted by atomic mass is 35.5. The first kappa shape index (κ1) is 26.1. The smallest absolute Gasteiger partial charge is 0.287 e. The van der Waals surface area contributed by atoms with Crippen molar-refractivity contribution in [3.05, 3.63) is 92.0 Å². The normalized spacial score (nSPS) is 14.1. The third-order valence-electron chi connectivity index (χ3n) is 4.82. The average Bonchev–Trinajstić information content (AvgIpc) is 3.13. The molecule has 0 spiro atoms. The van der Waals surface area contributed by atoms with E-state index < -0.39 is 16.7 Å². The second-order valence-electron chi connectivity index (χ2n) is 7.32. The Morgan fingerprint density at radius 1 is 1.22 bits per heavy atom. The monoisotopic (exact) mass is 556 g/mol. The van der Waals surface area contributed by atoms with E-state index in [1.165, 1.54) is 24.3 Å². The number of nitro groups is 1. The minimum absolute atomic E-state index is 0.150. The Morgan fingerprint density at radius 2 is 1.97 bits per heavy atom. The number of aromatic nitrogens is 1. The number of ether oxygens (including phenoxy) is 2. The zero-order valence-electron chi connectivity index (χ0n) is 19.0. The van der Waals surface area contributed by atoms with E-state index in [0.717, 1.165) is 23.0 Å². The number of nitrogens with one attached hydrogen (secondary N) is 1. The molecular weight excluding hydrogens is 540 g/mol. The SMILES string of the molecule is CCOc1cc(/C=C2\SC(=S)N(NC(=O)c3ccc(Cl)cc3)C2=O)ccc1Oc1ccc([N+](=O)[O-])cn1. The highest BCUT2D eigenvalue weighted by molar-refractivity contribution is 8.26. The van der Waals surface area contributed by atoms with E-state index in [1.807, 2.05) is 0 Å². The third-order valence-corrected chi connectivity index (χ3v) is 6.38. The van der Waals surface area contributed by atoms with Gasteiger partial charge in [0, 0.05) is 22.7 Å². The summed E-state index contributed by atoms with van der Waals surface area (Å²) in [6.07, 6.45) is 2.71. The van der Waals surface area contributed by atoms with Crippen LogP contribution in [0.15, 0.2) is 65.7 Å². The number of hydrogen-bond acceptors (Lipinski definition) is 9. The van der Waals surface area contributed by atoms with E-state index in [-0.39, 0.29) is 15.9 Å². The van der Waals surface area contributed by atoms with Gasteiger partial charge in [0.25, 0.3) is 17.5 Å². The fraction of sp³-hybridized carbons (Fsp3) is 0.0833. The molecule has 2 amide bonds. The lowest BCUT2D eigenvalue weighted by Gasteiger charge is -2.15. The fourth-order valence-corrected chi connectivity index (χ4v) is 4.41. The molecule has 0 saturated carbocycles. The molecular formula is C24H17ClN4O6S2. The minimum Gasteiger partial charge on any atom is -0.490 e. The van der Waals surface area contributed by atoms with Crippen LogP contribution in [-0.2, 0) is 4.79 Å². The Kier molecular flexibility index (Phi) is 8.01. The van der Waals surface area contributed by atoms with Crippen LogP contribution in [0.1, 0.15) is 22.8 Å². The summed E-state index contributed by atoms with van der Waals surface area (Å²) in [5.41, 5.74) is 3.30. The molecule has 0 atom stereocenters. The summed E-state index contributed by atoms with van der Waals surface area (Å²) >= 11 is 12.2. The molecule has 3 aromatic rings. The van der Waals surface area contributed by atoms with Gasteiger partial charge in [-0.25, -0.2) is 4.98 Å². The van der Waals surface area contributed by atoms with E-state index in [4.69, 9.17) is 33.3 Å². The van der Waals surface area contributed by atoms with Gasteiger partial charge in [0.1, 0.15) is 6.20 Å². The summed E-state index contributed by atoms with van der Waals surface area (Å²) in [7, 11) is 0. The summed E-state index contributed by atoms with van der Waals surface area (Å²) in [5.74, 6) is -0.123. The number of pyridine rings is 1. The number of halogens is 1. The number of thiocarbonyl (C=S) groups is 1. The molecule has 188 valence electrons. The van der Waals surface area contributed by atoms with Gasteiger partial charge in [0.2, 0.25) is 5.88 Å². The topological polar surface area (TPSA) is 124 Å². The van der Waals surface area contributed by atoms with Crippen LogP contribution in [0.25, 0.3) is 6.08 Å². The van der Waals surface area contributed by atoms with Gasteiger partial charge in [-0.3, -0.25) is 25.1 Å². The number of carbonyl (C=O) groups is 2.